The molecular weight excluding hydrogens is 336 g/mol. The Balaban J connectivity index is 2.00. The Bertz CT molecular complexity index is 545. The van der Waals surface area contributed by atoms with Gasteiger partial charge < -0.3 is 9.02 Å². The van der Waals surface area contributed by atoms with Crippen LogP contribution in [0.4, 0.5) is 0 Å². The molecule has 130 valence electrons. The van der Waals surface area contributed by atoms with Gasteiger partial charge in [-0.3, -0.25) is 0 Å². The summed E-state index contributed by atoms with van der Waals surface area (Å²) in [5.41, 5.74) is -0.336. The Kier molecular flexibility index (Phi) is 5.74. The monoisotopic (exact) mass is 360 g/mol. The summed E-state index contributed by atoms with van der Waals surface area (Å²) >= 11 is 4.22. The first-order valence-corrected chi connectivity index (χ1v) is 9.06. The molecule has 1 heterocycles. The van der Waals surface area contributed by atoms with Gasteiger partial charge in [0.05, 0.1) is 7.11 Å². The third kappa shape index (κ3) is 4.67. The lowest BCUT2D eigenvalue weighted by Gasteiger charge is -2.53. The van der Waals surface area contributed by atoms with Crippen molar-refractivity contribution >= 4 is 22.9 Å². The maximum Gasteiger partial charge on any atom is 0.288 e. The molecule has 1 fully saturated rings. The highest BCUT2D eigenvalue weighted by Gasteiger charge is 2.46. The summed E-state index contributed by atoms with van der Waals surface area (Å²) in [4.78, 5) is 5.57. The van der Waals surface area contributed by atoms with Gasteiger partial charge in [-0.1, -0.05) is 11.6 Å². The number of hydroxylamine groups is 2. The first-order valence-electron chi connectivity index (χ1n) is 7.60. The zero-order valence-electron chi connectivity index (χ0n) is 14.3. The Hall–Kier alpha value is -0.660. The quantitative estimate of drug-likeness (QED) is 0.873. The number of rotatable bonds is 5. The van der Waals surface area contributed by atoms with Gasteiger partial charge in [-0.05, 0) is 64.8 Å². The number of hydrogen-bond donors (Lipinski definition) is 1. The molecule has 0 aliphatic carbocycles. The molecule has 5 nitrogen and oxygen atoms in total. The van der Waals surface area contributed by atoms with Crippen molar-refractivity contribution in [3.8, 4) is 5.75 Å². The molecule has 1 aliphatic heterocycles. The largest absolute Gasteiger partial charge is 0.389 e. The van der Waals surface area contributed by atoms with E-state index in [9.17, 15) is 4.21 Å². The van der Waals surface area contributed by atoms with Crippen LogP contribution in [0.15, 0.2) is 24.3 Å². The van der Waals surface area contributed by atoms with Gasteiger partial charge >= 0.3 is 0 Å². The molecule has 0 spiro atoms. The van der Waals surface area contributed by atoms with Crippen molar-refractivity contribution in [2.45, 2.75) is 57.7 Å². The molecule has 0 saturated carbocycles. The number of piperidine rings is 1. The van der Waals surface area contributed by atoms with E-state index in [1.165, 1.54) is 0 Å². The normalized spacial score (nSPS) is 22.7. The molecule has 23 heavy (non-hydrogen) atoms. The van der Waals surface area contributed by atoms with E-state index in [1.807, 2.05) is 5.06 Å². The van der Waals surface area contributed by atoms with Gasteiger partial charge in [-0.2, -0.15) is 9.27 Å². The summed E-state index contributed by atoms with van der Waals surface area (Å²) < 4.78 is 20.7. The van der Waals surface area contributed by atoms with E-state index in [1.54, 1.807) is 31.4 Å². The standard InChI is InChI=1S/C16H25ClN2O3S/c1-15(2)10-13(11-16(3,4)19(15)21-5)18-23(20)22-14-8-6-12(17)7-9-14/h6-9,13,18H,10-11H2,1-5H3. The minimum absolute atomic E-state index is 0.0690. The summed E-state index contributed by atoms with van der Waals surface area (Å²) in [6.07, 6.45) is 1.61. The van der Waals surface area contributed by atoms with Crippen molar-refractivity contribution in [2.75, 3.05) is 7.11 Å². The molecule has 1 atom stereocenters. The average Bonchev–Trinajstić information content (AvgIpc) is 2.38. The van der Waals surface area contributed by atoms with Crippen LogP contribution in [0.5, 0.6) is 5.75 Å². The van der Waals surface area contributed by atoms with Crippen molar-refractivity contribution in [1.29, 1.82) is 0 Å². The lowest BCUT2D eigenvalue weighted by molar-refractivity contribution is -0.266. The minimum Gasteiger partial charge on any atom is -0.389 e. The van der Waals surface area contributed by atoms with Crippen molar-refractivity contribution in [3.63, 3.8) is 0 Å². The number of hydrogen-bond acceptors (Lipinski definition) is 4. The van der Waals surface area contributed by atoms with Gasteiger partial charge in [0.15, 0.2) is 0 Å². The summed E-state index contributed by atoms with van der Waals surface area (Å²) in [6.45, 7) is 8.48. The third-order valence-electron chi connectivity index (χ3n) is 4.02. The third-order valence-corrected chi connectivity index (χ3v) is 5.14. The molecule has 1 aromatic carbocycles. The number of nitrogens with one attached hydrogen (secondary N) is 1. The van der Waals surface area contributed by atoms with E-state index in [0.717, 1.165) is 12.8 Å². The number of benzene rings is 1. The first-order chi connectivity index (χ1) is 10.6. The van der Waals surface area contributed by atoms with E-state index < -0.39 is 11.3 Å². The van der Waals surface area contributed by atoms with Crippen LogP contribution < -0.4 is 8.91 Å². The Morgan fingerprint density at radius 1 is 1.17 bits per heavy atom. The fourth-order valence-corrected chi connectivity index (χ4v) is 4.48. The van der Waals surface area contributed by atoms with Gasteiger partial charge in [0.2, 0.25) is 0 Å². The van der Waals surface area contributed by atoms with Crippen molar-refractivity contribution in [1.82, 2.24) is 9.79 Å². The summed E-state index contributed by atoms with van der Waals surface area (Å²) in [5.74, 6) is 0.521. The molecule has 1 unspecified atom stereocenters. The van der Waals surface area contributed by atoms with E-state index in [2.05, 4.69) is 32.4 Å². The van der Waals surface area contributed by atoms with Crippen molar-refractivity contribution < 1.29 is 13.2 Å². The second-order valence-electron chi connectivity index (χ2n) is 7.10. The van der Waals surface area contributed by atoms with Crippen molar-refractivity contribution in [3.05, 3.63) is 29.3 Å². The highest BCUT2D eigenvalue weighted by atomic mass is 35.5. The topological polar surface area (TPSA) is 50.8 Å². The molecule has 0 amide bonds. The lowest BCUT2D eigenvalue weighted by Crippen LogP contribution is -2.63. The van der Waals surface area contributed by atoms with Crippen LogP contribution in [0.2, 0.25) is 5.02 Å². The summed E-state index contributed by atoms with van der Waals surface area (Å²) in [6, 6.07) is 6.88. The molecule has 0 bridgehead atoms. The van der Waals surface area contributed by atoms with Crippen LogP contribution in [0.3, 0.4) is 0 Å². The minimum atomic E-state index is -1.61. The molecule has 0 radical (unpaired) electrons. The van der Waals surface area contributed by atoms with Crippen LogP contribution in [-0.4, -0.2) is 33.5 Å². The summed E-state index contributed by atoms with van der Waals surface area (Å²) in [5, 5.41) is 2.63. The number of halogens is 1. The molecule has 0 aromatic heterocycles. The SMILES string of the molecule is CON1C(C)(C)CC(NS(=O)Oc2ccc(Cl)cc2)CC1(C)C. The van der Waals surface area contributed by atoms with Gasteiger partial charge in [0, 0.05) is 22.1 Å². The van der Waals surface area contributed by atoms with Gasteiger partial charge in [0.1, 0.15) is 5.75 Å². The second-order valence-corrected chi connectivity index (χ2v) is 8.41. The molecule has 1 aromatic rings. The predicted molar refractivity (Wildman–Crippen MR) is 93.4 cm³/mol. The zero-order valence-corrected chi connectivity index (χ0v) is 15.8. The maximum atomic E-state index is 12.2. The molecule has 1 N–H and O–H groups in total. The van der Waals surface area contributed by atoms with Crippen LogP contribution in [0, 0.1) is 0 Å². The van der Waals surface area contributed by atoms with Gasteiger partial charge in [-0.15, -0.1) is 0 Å². The maximum absolute atomic E-state index is 12.2. The van der Waals surface area contributed by atoms with E-state index >= 15 is 0 Å². The van der Waals surface area contributed by atoms with Crippen LogP contribution in [0.1, 0.15) is 40.5 Å². The van der Waals surface area contributed by atoms with Crippen LogP contribution in [0.25, 0.3) is 0 Å². The Morgan fingerprint density at radius 3 is 2.17 bits per heavy atom. The first kappa shape index (κ1) is 18.7. The zero-order chi connectivity index (χ0) is 17.3. The summed E-state index contributed by atoms with van der Waals surface area (Å²) in [7, 11) is 1.69. The van der Waals surface area contributed by atoms with Crippen LogP contribution in [-0.2, 0) is 16.1 Å². The van der Waals surface area contributed by atoms with Gasteiger partial charge in [-0.25, -0.2) is 4.72 Å². The van der Waals surface area contributed by atoms with E-state index in [4.69, 9.17) is 20.6 Å². The van der Waals surface area contributed by atoms with Crippen LogP contribution >= 0.6 is 11.6 Å². The van der Waals surface area contributed by atoms with E-state index in [0.29, 0.717) is 10.8 Å². The predicted octanol–water partition coefficient (Wildman–Crippen LogP) is 3.47. The van der Waals surface area contributed by atoms with Gasteiger partial charge in [0.25, 0.3) is 11.3 Å². The molecule has 1 aliphatic rings. The van der Waals surface area contributed by atoms with E-state index in [-0.39, 0.29) is 17.1 Å². The van der Waals surface area contributed by atoms with Crippen molar-refractivity contribution in [2.24, 2.45) is 0 Å². The fourth-order valence-electron chi connectivity index (χ4n) is 3.58. The number of nitrogens with zero attached hydrogens (tertiary/aromatic N) is 1. The molecule has 7 heteroatoms. The molecular formula is C16H25ClN2O3S. The second kappa shape index (κ2) is 7.07. The Labute approximate surface area is 146 Å². The highest BCUT2D eigenvalue weighted by molar-refractivity contribution is 7.78. The molecule has 1 saturated heterocycles. The smallest absolute Gasteiger partial charge is 0.288 e. The fraction of sp³-hybridized carbons (Fsp3) is 0.625. The lowest BCUT2D eigenvalue weighted by atomic mass is 9.79. The molecule has 2 rings (SSSR count). The Morgan fingerprint density at radius 2 is 1.70 bits per heavy atom. The average molecular weight is 361 g/mol. The highest BCUT2D eigenvalue weighted by Crippen LogP contribution is 2.38.